The van der Waals surface area contributed by atoms with E-state index in [2.05, 4.69) is 0 Å². The van der Waals surface area contributed by atoms with Crippen LogP contribution in [0.5, 0.6) is 0 Å². The molecule has 0 radical (unpaired) electrons. The van der Waals surface area contributed by atoms with Gasteiger partial charge in [0.1, 0.15) is 0 Å². The standard InChI is InChI=1S/C8H2I4O4.2K.2H/c9-3-1(7(13)14)4(10)6(12)2(5(3)11)8(15)16;;;;/h(H,13,14)(H,15,16);;;;. The predicted molar refractivity (Wildman–Crippen MR) is 106 cm³/mol. The molecule has 1 rings (SSSR count). The van der Waals surface area contributed by atoms with E-state index in [0.717, 1.165) is 0 Å². The summed E-state index contributed by atoms with van der Waals surface area (Å²) in [4.78, 5) is 22.1. The average molecular weight is 750 g/mol. The van der Waals surface area contributed by atoms with E-state index in [1.165, 1.54) is 0 Å². The van der Waals surface area contributed by atoms with Crippen molar-refractivity contribution >= 4 is 205 Å². The number of hydrogen-bond donors (Lipinski definition) is 2. The quantitative estimate of drug-likeness (QED) is 0.277. The predicted octanol–water partition coefficient (Wildman–Crippen LogP) is 2.20. The summed E-state index contributed by atoms with van der Waals surface area (Å²) >= 11 is 7.45. The number of carbonyl (C=O) groups is 2. The summed E-state index contributed by atoms with van der Waals surface area (Å²) in [6.07, 6.45) is 0. The van der Waals surface area contributed by atoms with Crippen LogP contribution in [0.1, 0.15) is 20.7 Å². The van der Waals surface area contributed by atoms with Crippen LogP contribution in [-0.2, 0) is 0 Å². The number of hydrogen-bond acceptors (Lipinski definition) is 2. The van der Waals surface area contributed by atoms with Gasteiger partial charge in [0.2, 0.25) is 0 Å². The third-order valence-electron chi connectivity index (χ3n) is 1.69. The first kappa shape index (κ1) is 24.6. The number of carboxylic acids is 2. The Morgan fingerprint density at radius 3 is 0.944 bits per heavy atom. The summed E-state index contributed by atoms with van der Waals surface area (Å²) in [6.45, 7) is 0. The molecule has 0 amide bonds. The van der Waals surface area contributed by atoms with E-state index in [1.54, 1.807) is 0 Å². The van der Waals surface area contributed by atoms with Crippen LogP contribution in [0.2, 0.25) is 0 Å². The van der Waals surface area contributed by atoms with E-state index in [1.807, 2.05) is 90.4 Å². The van der Waals surface area contributed by atoms with E-state index < -0.39 is 11.9 Å². The first-order valence-corrected chi connectivity index (χ1v) is 7.93. The fourth-order valence-corrected chi connectivity index (χ4v) is 5.12. The van der Waals surface area contributed by atoms with Gasteiger partial charge in [0.15, 0.2) is 0 Å². The van der Waals surface area contributed by atoms with Crippen LogP contribution in [0.4, 0.5) is 0 Å². The third-order valence-corrected chi connectivity index (χ3v) is 8.07. The Morgan fingerprint density at radius 1 is 0.667 bits per heavy atom. The molecular weight excluding hydrogens is 746 g/mol. The molecule has 0 unspecified atom stereocenters. The van der Waals surface area contributed by atoms with Gasteiger partial charge in [0.25, 0.3) is 0 Å². The van der Waals surface area contributed by atoms with Crippen molar-refractivity contribution in [1.29, 1.82) is 0 Å². The average Bonchev–Trinajstić information content (AvgIpc) is 2.14. The Kier molecular flexibility index (Phi) is 15.0. The van der Waals surface area contributed by atoms with Gasteiger partial charge >= 0.3 is 115 Å². The van der Waals surface area contributed by atoms with Crippen molar-refractivity contribution in [2.45, 2.75) is 0 Å². The number of benzene rings is 1. The first-order valence-electron chi connectivity index (χ1n) is 3.61. The molecule has 0 aliphatic carbocycles. The Bertz CT molecular complexity index is 432. The summed E-state index contributed by atoms with van der Waals surface area (Å²) in [5, 5.41) is 18.1. The molecule has 0 aliphatic heterocycles. The number of halogens is 4. The maximum atomic E-state index is 11.1. The van der Waals surface area contributed by atoms with Crippen LogP contribution >= 0.6 is 90.4 Å². The second-order valence-electron chi connectivity index (χ2n) is 2.62. The summed E-state index contributed by atoms with van der Waals surface area (Å²) in [7, 11) is 0. The molecule has 0 atom stereocenters. The van der Waals surface area contributed by atoms with Gasteiger partial charge in [-0.15, -0.1) is 0 Å². The van der Waals surface area contributed by atoms with E-state index in [-0.39, 0.29) is 114 Å². The molecule has 0 fully saturated rings. The minimum absolute atomic E-state index is 0. The maximum absolute atomic E-state index is 11.1. The number of carboxylic acid groups (broad SMARTS) is 2. The normalized spacial score (nSPS) is 9.11. The molecule has 10 heteroatoms. The molecule has 2 N–H and O–H groups in total. The van der Waals surface area contributed by atoms with Crippen LogP contribution in [0.15, 0.2) is 0 Å². The van der Waals surface area contributed by atoms with Gasteiger partial charge in [-0.05, 0) is 90.4 Å². The van der Waals surface area contributed by atoms with Crippen LogP contribution in [0.25, 0.3) is 0 Å². The molecule has 18 heavy (non-hydrogen) atoms. The van der Waals surface area contributed by atoms with Crippen LogP contribution in [0, 0.1) is 14.3 Å². The van der Waals surface area contributed by atoms with E-state index in [4.69, 9.17) is 10.2 Å². The van der Waals surface area contributed by atoms with E-state index in [0.29, 0.717) is 14.3 Å². The Hall–Kier alpha value is 4.35. The van der Waals surface area contributed by atoms with Crippen LogP contribution in [0.3, 0.4) is 0 Å². The zero-order valence-corrected chi connectivity index (χ0v) is 15.9. The Labute approximate surface area is 243 Å². The van der Waals surface area contributed by atoms with Crippen molar-refractivity contribution in [2.75, 3.05) is 0 Å². The molecule has 90 valence electrons. The van der Waals surface area contributed by atoms with Crippen molar-refractivity contribution < 1.29 is 19.8 Å². The van der Waals surface area contributed by atoms with Gasteiger partial charge in [-0.2, -0.15) is 0 Å². The second-order valence-corrected chi connectivity index (χ2v) is 6.93. The molecule has 0 aromatic heterocycles. The molecule has 0 bridgehead atoms. The Morgan fingerprint density at radius 2 is 0.833 bits per heavy atom. The van der Waals surface area contributed by atoms with Crippen molar-refractivity contribution in [3.63, 3.8) is 0 Å². The van der Waals surface area contributed by atoms with Crippen LogP contribution < -0.4 is 0 Å². The van der Waals surface area contributed by atoms with Gasteiger partial charge in [-0.3, -0.25) is 0 Å². The fraction of sp³-hybridized carbons (Fsp3) is 0. The summed E-state index contributed by atoms with van der Waals surface area (Å²) < 4.78 is 1.86. The van der Waals surface area contributed by atoms with Gasteiger partial charge in [0, 0.05) is 14.3 Å². The van der Waals surface area contributed by atoms with Crippen molar-refractivity contribution in [3.8, 4) is 0 Å². The zero-order valence-electron chi connectivity index (χ0n) is 7.22. The summed E-state index contributed by atoms with van der Waals surface area (Å²) in [5.74, 6) is -2.08. The van der Waals surface area contributed by atoms with Gasteiger partial charge in [-0.1, -0.05) is 0 Å². The van der Waals surface area contributed by atoms with Gasteiger partial charge in [-0.25, -0.2) is 9.59 Å². The molecule has 4 nitrogen and oxygen atoms in total. The van der Waals surface area contributed by atoms with E-state index in [9.17, 15) is 9.59 Å². The van der Waals surface area contributed by atoms with E-state index >= 15 is 0 Å². The number of aromatic carboxylic acids is 2. The van der Waals surface area contributed by atoms with Crippen LogP contribution in [-0.4, -0.2) is 125 Å². The topological polar surface area (TPSA) is 74.6 Å². The zero-order chi connectivity index (χ0) is 12.6. The van der Waals surface area contributed by atoms with Crippen molar-refractivity contribution in [3.05, 3.63) is 25.4 Å². The molecule has 1 aromatic rings. The monoisotopic (exact) mass is 750 g/mol. The molecular formula is C8H4I4K2O4. The fourth-order valence-electron chi connectivity index (χ4n) is 1.01. The van der Waals surface area contributed by atoms with Crippen molar-refractivity contribution in [2.24, 2.45) is 0 Å². The summed E-state index contributed by atoms with van der Waals surface area (Å²) in [5.41, 5.74) is 0.333. The first-order chi connectivity index (χ1) is 7.29. The number of rotatable bonds is 2. The van der Waals surface area contributed by atoms with Gasteiger partial charge in [0.05, 0.1) is 11.1 Å². The minimum atomic E-state index is -1.04. The molecule has 0 saturated heterocycles. The van der Waals surface area contributed by atoms with Gasteiger partial charge < -0.3 is 10.2 Å². The molecule has 0 aliphatic rings. The molecule has 0 saturated carbocycles. The SMILES string of the molecule is O=C(O)c1c(I)c(I)c(C(=O)O)c(I)c1I.[KH].[KH]. The molecule has 1 aromatic carbocycles. The third kappa shape index (κ3) is 5.77. The second kappa shape index (κ2) is 11.0. The Balaban J connectivity index is 0. The summed E-state index contributed by atoms with van der Waals surface area (Å²) in [6, 6.07) is 0. The van der Waals surface area contributed by atoms with Crippen molar-refractivity contribution in [1.82, 2.24) is 0 Å². The molecule has 0 spiro atoms. The molecule has 0 heterocycles.